The highest BCUT2D eigenvalue weighted by Gasteiger charge is 2.46. The van der Waals surface area contributed by atoms with E-state index in [9.17, 15) is 5.26 Å². The molecule has 114 valence electrons. The van der Waals surface area contributed by atoms with Gasteiger partial charge in [-0.15, -0.1) is 0 Å². The fourth-order valence-corrected chi connectivity index (χ4v) is 2.78. The van der Waals surface area contributed by atoms with E-state index in [-0.39, 0.29) is 0 Å². The summed E-state index contributed by atoms with van der Waals surface area (Å²) in [4.78, 5) is 0. The molecular formula is C18H26N2O. The van der Waals surface area contributed by atoms with Crippen LogP contribution in [0.2, 0.25) is 0 Å². The van der Waals surface area contributed by atoms with E-state index < -0.39 is 5.54 Å². The van der Waals surface area contributed by atoms with E-state index in [0.717, 1.165) is 25.7 Å². The number of aryl methyl sites for hydroxylation is 1. The highest BCUT2D eigenvalue weighted by Crippen LogP contribution is 2.40. The molecule has 1 aliphatic rings. The fraction of sp³-hybridized carbons (Fsp3) is 0.611. The van der Waals surface area contributed by atoms with Crippen LogP contribution in [0.15, 0.2) is 30.3 Å². The Labute approximate surface area is 128 Å². The second kappa shape index (κ2) is 7.59. The number of nitriles is 1. The molecule has 2 rings (SSSR count). The largest absolute Gasteiger partial charge is 0.378 e. The van der Waals surface area contributed by atoms with Crippen molar-refractivity contribution in [3.8, 4) is 6.07 Å². The van der Waals surface area contributed by atoms with Crippen LogP contribution in [0, 0.1) is 17.2 Å². The van der Waals surface area contributed by atoms with Crippen LogP contribution in [0.4, 0.5) is 0 Å². The van der Waals surface area contributed by atoms with Gasteiger partial charge in [0.05, 0.1) is 12.7 Å². The second-order valence-corrected chi connectivity index (χ2v) is 6.30. The first-order valence-electron chi connectivity index (χ1n) is 7.97. The zero-order valence-electron chi connectivity index (χ0n) is 13.1. The molecule has 1 N–H and O–H groups in total. The Hall–Kier alpha value is -1.37. The molecule has 1 aromatic carbocycles. The zero-order valence-corrected chi connectivity index (χ0v) is 13.1. The number of nitrogens with one attached hydrogen (secondary N) is 1. The molecule has 0 amide bonds. The third kappa shape index (κ3) is 4.84. The minimum atomic E-state index is -0.485. The molecule has 1 aliphatic carbocycles. The molecule has 0 heterocycles. The molecule has 1 atom stereocenters. The Morgan fingerprint density at radius 1 is 1.33 bits per heavy atom. The summed E-state index contributed by atoms with van der Waals surface area (Å²) in [7, 11) is 0. The van der Waals surface area contributed by atoms with Crippen LogP contribution in [0.3, 0.4) is 0 Å². The number of benzene rings is 1. The summed E-state index contributed by atoms with van der Waals surface area (Å²) in [6.07, 6.45) is 4.31. The van der Waals surface area contributed by atoms with Crippen LogP contribution >= 0.6 is 0 Å². The third-order valence-corrected chi connectivity index (χ3v) is 3.95. The topological polar surface area (TPSA) is 45.0 Å². The molecule has 0 spiro atoms. The summed E-state index contributed by atoms with van der Waals surface area (Å²) in [6.45, 7) is 5.39. The van der Waals surface area contributed by atoms with Crippen LogP contribution in [0.5, 0.6) is 0 Å². The monoisotopic (exact) mass is 286 g/mol. The van der Waals surface area contributed by atoms with Gasteiger partial charge in [-0.05, 0) is 51.0 Å². The molecule has 0 aliphatic heterocycles. The van der Waals surface area contributed by atoms with Gasteiger partial charge < -0.3 is 4.74 Å². The molecule has 0 saturated heterocycles. The molecule has 0 radical (unpaired) electrons. The highest BCUT2D eigenvalue weighted by atomic mass is 16.5. The summed E-state index contributed by atoms with van der Waals surface area (Å²) >= 11 is 0. The van der Waals surface area contributed by atoms with Gasteiger partial charge in [0.15, 0.2) is 0 Å². The molecule has 1 aromatic rings. The maximum absolute atomic E-state index is 9.58. The quantitative estimate of drug-likeness (QED) is 0.708. The van der Waals surface area contributed by atoms with Crippen molar-refractivity contribution < 1.29 is 4.74 Å². The number of hydrogen-bond acceptors (Lipinski definition) is 3. The normalized spacial score (nSPS) is 17.4. The van der Waals surface area contributed by atoms with E-state index in [1.54, 1.807) is 0 Å². The lowest BCUT2D eigenvalue weighted by Crippen LogP contribution is -2.53. The van der Waals surface area contributed by atoms with Gasteiger partial charge in [-0.25, -0.2) is 0 Å². The third-order valence-electron chi connectivity index (χ3n) is 3.95. The van der Waals surface area contributed by atoms with Crippen molar-refractivity contribution in [1.29, 1.82) is 5.26 Å². The lowest BCUT2D eigenvalue weighted by Gasteiger charge is -2.30. The Morgan fingerprint density at radius 3 is 2.62 bits per heavy atom. The maximum atomic E-state index is 9.58. The van der Waals surface area contributed by atoms with Crippen molar-refractivity contribution in [2.24, 2.45) is 5.92 Å². The molecule has 0 aromatic heterocycles. The lowest BCUT2D eigenvalue weighted by atomic mass is 9.95. The molecule has 3 heteroatoms. The van der Waals surface area contributed by atoms with Gasteiger partial charge in [0.25, 0.3) is 0 Å². The first-order valence-corrected chi connectivity index (χ1v) is 7.97. The van der Waals surface area contributed by atoms with Crippen LogP contribution in [0.25, 0.3) is 0 Å². The molecule has 1 fully saturated rings. The molecule has 3 nitrogen and oxygen atoms in total. The van der Waals surface area contributed by atoms with E-state index in [1.165, 1.54) is 5.56 Å². The van der Waals surface area contributed by atoms with Gasteiger partial charge >= 0.3 is 0 Å². The Morgan fingerprint density at radius 2 is 2.05 bits per heavy atom. The van der Waals surface area contributed by atoms with Gasteiger partial charge in [0.2, 0.25) is 0 Å². The summed E-state index contributed by atoms with van der Waals surface area (Å²) < 4.78 is 5.83. The zero-order chi connectivity index (χ0) is 15.1. The minimum Gasteiger partial charge on any atom is -0.378 e. The van der Waals surface area contributed by atoms with Crippen molar-refractivity contribution in [1.82, 2.24) is 5.32 Å². The van der Waals surface area contributed by atoms with E-state index in [1.807, 2.05) is 6.07 Å². The Kier molecular flexibility index (Phi) is 5.78. The van der Waals surface area contributed by atoms with Crippen LogP contribution in [-0.2, 0) is 11.2 Å². The average molecular weight is 286 g/mol. The van der Waals surface area contributed by atoms with E-state index in [4.69, 9.17) is 4.74 Å². The van der Waals surface area contributed by atoms with Crippen molar-refractivity contribution in [3.05, 3.63) is 35.9 Å². The van der Waals surface area contributed by atoms with Gasteiger partial charge in [0.1, 0.15) is 5.54 Å². The molecule has 1 unspecified atom stereocenters. The maximum Gasteiger partial charge on any atom is 0.133 e. The summed E-state index contributed by atoms with van der Waals surface area (Å²) in [5.74, 6) is 0.457. The number of nitrogens with zero attached hydrogens (tertiary/aromatic N) is 1. The SMILES string of the molecule is CC(C)NC(C#N)(COCCCc1ccccc1)C1CC1. The molecule has 1 saturated carbocycles. The van der Waals surface area contributed by atoms with Crippen LogP contribution in [0.1, 0.15) is 38.7 Å². The number of hydrogen-bond donors (Lipinski definition) is 1. The first-order chi connectivity index (χ1) is 10.2. The highest BCUT2D eigenvalue weighted by molar-refractivity contribution is 5.16. The van der Waals surface area contributed by atoms with E-state index >= 15 is 0 Å². The van der Waals surface area contributed by atoms with Gasteiger partial charge in [0, 0.05) is 12.6 Å². The van der Waals surface area contributed by atoms with E-state index in [2.05, 4.69) is 49.5 Å². The molecule has 21 heavy (non-hydrogen) atoms. The summed E-state index contributed by atoms with van der Waals surface area (Å²) in [6, 6.07) is 13.2. The standard InChI is InChI=1S/C18H26N2O/c1-15(2)20-18(13-19,17-10-11-17)14-21-12-6-9-16-7-4-3-5-8-16/h3-5,7-8,15,17,20H,6,9-12,14H2,1-2H3. The molecular weight excluding hydrogens is 260 g/mol. The predicted molar refractivity (Wildman–Crippen MR) is 84.9 cm³/mol. The van der Waals surface area contributed by atoms with Crippen molar-refractivity contribution >= 4 is 0 Å². The summed E-state index contributed by atoms with van der Waals surface area (Å²) in [5, 5.41) is 13.0. The van der Waals surface area contributed by atoms with Crippen molar-refractivity contribution in [3.63, 3.8) is 0 Å². The average Bonchev–Trinajstić information content (AvgIpc) is 3.31. The smallest absolute Gasteiger partial charge is 0.133 e. The minimum absolute atomic E-state index is 0.304. The van der Waals surface area contributed by atoms with E-state index in [0.29, 0.717) is 25.2 Å². The van der Waals surface area contributed by atoms with Gasteiger partial charge in [-0.2, -0.15) is 5.26 Å². The summed E-state index contributed by atoms with van der Waals surface area (Å²) in [5.41, 5.74) is 0.858. The number of ether oxygens (including phenoxy) is 1. The fourth-order valence-electron chi connectivity index (χ4n) is 2.78. The van der Waals surface area contributed by atoms with Gasteiger partial charge in [-0.1, -0.05) is 30.3 Å². The first kappa shape index (κ1) is 16.0. The van der Waals surface area contributed by atoms with Gasteiger partial charge in [-0.3, -0.25) is 5.32 Å². The molecule has 0 bridgehead atoms. The van der Waals surface area contributed by atoms with Crippen LogP contribution < -0.4 is 5.32 Å². The van der Waals surface area contributed by atoms with Crippen molar-refractivity contribution in [2.75, 3.05) is 13.2 Å². The number of rotatable bonds is 9. The van der Waals surface area contributed by atoms with Crippen molar-refractivity contribution in [2.45, 2.75) is 51.1 Å². The Bertz CT molecular complexity index is 462. The predicted octanol–water partition coefficient (Wildman–Crippen LogP) is 3.31. The van der Waals surface area contributed by atoms with Crippen LogP contribution in [-0.4, -0.2) is 24.8 Å². The lowest BCUT2D eigenvalue weighted by molar-refractivity contribution is 0.0757. The second-order valence-electron chi connectivity index (χ2n) is 6.30. The Balaban J connectivity index is 1.74.